The highest BCUT2D eigenvalue weighted by molar-refractivity contribution is 8.01. The van der Waals surface area contributed by atoms with Gasteiger partial charge in [-0.2, -0.15) is 0 Å². The molecule has 0 saturated carbocycles. The number of fused-ring (bicyclic) bond motifs is 3. The van der Waals surface area contributed by atoms with Crippen LogP contribution in [0.1, 0.15) is 39.8 Å². The van der Waals surface area contributed by atoms with Crippen molar-refractivity contribution in [1.29, 1.82) is 0 Å². The quantitative estimate of drug-likeness (QED) is 0.791. The number of nitrogens with zero attached hydrogens (tertiary/aromatic N) is 1. The zero-order chi connectivity index (χ0) is 18.1. The van der Waals surface area contributed by atoms with Gasteiger partial charge in [0.2, 0.25) is 0 Å². The van der Waals surface area contributed by atoms with Gasteiger partial charge in [0.1, 0.15) is 0 Å². The van der Waals surface area contributed by atoms with Crippen molar-refractivity contribution in [2.75, 3.05) is 19.6 Å². The highest BCUT2D eigenvalue weighted by atomic mass is 32.2. The number of hydrogen-bond donors (Lipinski definition) is 1. The number of carbonyl (C=O) groups excluding carboxylic acids is 2. The molecule has 5 rings (SSSR count). The zero-order valence-corrected chi connectivity index (χ0v) is 16.4. The zero-order valence-electron chi connectivity index (χ0n) is 14.7. The molecule has 3 aliphatic heterocycles. The van der Waals surface area contributed by atoms with Crippen LogP contribution >= 0.6 is 23.1 Å². The van der Waals surface area contributed by atoms with E-state index < -0.39 is 0 Å². The Labute approximate surface area is 162 Å². The number of ketones is 1. The molecule has 1 aromatic carbocycles. The summed E-state index contributed by atoms with van der Waals surface area (Å²) in [7, 11) is 0. The van der Waals surface area contributed by atoms with E-state index in [1.165, 1.54) is 37.3 Å². The molecule has 0 spiro atoms. The number of rotatable bonds is 5. The average Bonchev–Trinajstić information content (AvgIpc) is 3.12. The lowest BCUT2D eigenvalue weighted by Crippen LogP contribution is -2.57. The molecule has 2 aromatic rings. The van der Waals surface area contributed by atoms with E-state index in [1.807, 2.05) is 36.4 Å². The van der Waals surface area contributed by atoms with E-state index in [-0.39, 0.29) is 17.7 Å². The topological polar surface area (TPSA) is 49.4 Å². The SMILES string of the molecule is CC(=O)c1ccc(Sc2ccc(C(=O)N[C@H]3CN4CCC3CC4)cc2)s1. The Balaban J connectivity index is 1.37. The minimum Gasteiger partial charge on any atom is -0.348 e. The summed E-state index contributed by atoms with van der Waals surface area (Å²) in [5.41, 5.74) is 0.710. The van der Waals surface area contributed by atoms with Gasteiger partial charge in [-0.25, -0.2) is 0 Å². The van der Waals surface area contributed by atoms with Crippen molar-refractivity contribution in [3.8, 4) is 0 Å². The molecular formula is C20H22N2O2S2. The number of carbonyl (C=O) groups is 2. The first-order valence-corrected chi connectivity index (χ1v) is 10.6. The molecule has 3 aliphatic rings. The highest BCUT2D eigenvalue weighted by Gasteiger charge is 2.34. The summed E-state index contributed by atoms with van der Waals surface area (Å²) >= 11 is 3.13. The van der Waals surface area contributed by atoms with E-state index in [0.717, 1.165) is 20.5 Å². The Kier molecular flexibility index (Phi) is 5.16. The lowest BCUT2D eigenvalue weighted by Gasteiger charge is -2.44. The van der Waals surface area contributed by atoms with Gasteiger partial charge >= 0.3 is 0 Å². The second-order valence-corrected chi connectivity index (χ2v) is 9.48. The van der Waals surface area contributed by atoms with Gasteiger partial charge in [-0.15, -0.1) is 11.3 Å². The summed E-state index contributed by atoms with van der Waals surface area (Å²) in [4.78, 5) is 28.3. The van der Waals surface area contributed by atoms with E-state index in [2.05, 4.69) is 10.2 Å². The Bertz CT molecular complexity index is 807. The lowest BCUT2D eigenvalue weighted by molar-refractivity contribution is 0.0620. The van der Waals surface area contributed by atoms with Crippen molar-refractivity contribution >= 4 is 34.8 Å². The van der Waals surface area contributed by atoms with Crippen LogP contribution in [0.2, 0.25) is 0 Å². The number of hydrogen-bond acceptors (Lipinski definition) is 5. The van der Waals surface area contributed by atoms with Crippen LogP contribution in [0.3, 0.4) is 0 Å². The van der Waals surface area contributed by atoms with E-state index >= 15 is 0 Å². The monoisotopic (exact) mass is 386 g/mol. The predicted molar refractivity (Wildman–Crippen MR) is 105 cm³/mol. The molecule has 0 radical (unpaired) electrons. The summed E-state index contributed by atoms with van der Waals surface area (Å²) in [6.07, 6.45) is 2.40. The lowest BCUT2D eigenvalue weighted by atomic mass is 9.84. The van der Waals surface area contributed by atoms with Crippen molar-refractivity contribution in [2.45, 2.75) is 34.9 Å². The van der Waals surface area contributed by atoms with E-state index in [9.17, 15) is 9.59 Å². The maximum atomic E-state index is 12.6. The van der Waals surface area contributed by atoms with Crippen molar-refractivity contribution in [3.05, 3.63) is 46.8 Å². The largest absolute Gasteiger partial charge is 0.348 e. The molecule has 1 N–H and O–H groups in total. The van der Waals surface area contributed by atoms with Crippen LogP contribution in [0.25, 0.3) is 0 Å². The van der Waals surface area contributed by atoms with Gasteiger partial charge < -0.3 is 10.2 Å². The number of nitrogens with one attached hydrogen (secondary N) is 1. The molecule has 4 heterocycles. The molecule has 6 heteroatoms. The van der Waals surface area contributed by atoms with Crippen LogP contribution in [0.4, 0.5) is 0 Å². The van der Waals surface area contributed by atoms with E-state index in [1.54, 1.807) is 18.7 Å². The summed E-state index contributed by atoms with van der Waals surface area (Å²) in [5.74, 6) is 0.755. The molecule has 2 bridgehead atoms. The summed E-state index contributed by atoms with van der Waals surface area (Å²) < 4.78 is 1.08. The fourth-order valence-corrected chi connectivity index (χ4v) is 5.73. The van der Waals surface area contributed by atoms with E-state index in [4.69, 9.17) is 0 Å². The first-order valence-electron chi connectivity index (χ1n) is 9.00. The van der Waals surface area contributed by atoms with Crippen LogP contribution in [-0.2, 0) is 0 Å². The molecule has 1 amide bonds. The number of piperidine rings is 3. The third-order valence-corrected chi connectivity index (χ3v) is 7.56. The maximum Gasteiger partial charge on any atom is 0.251 e. The minimum atomic E-state index is 0.0234. The van der Waals surface area contributed by atoms with Gasteiger partial charge in [-0.3, -0.25) is 9.59 Å². The molecule has 0 unspecified atom stereocenters. The van der Waals surface area contributed by atoms with Gasteiger partial charge in [0.15, 0.2) is 5.78 Å². The Morgan fingerprint density at radius 2 is 1.85 bits per heavy atom. The molecule has 26 heavy (non-hydrogen) atoms. The number of thiophene rings is 1. The van der Waals surface area contributed by atoms with Gasteiger partial charge in [-0.1, -0.05) is 11.8 Å². The molecule has 3 saturated heterocycles. The van der Waals surface area contributed by atoms with Crippen molar-refractivity contribution < 1.29 is 9.59 Å². The van der Waals surface area contributed by atoms with Gasteiger partial charge in [0.05, 0.1) is 9.09 Å². The third-order valence-electron chi connectivity index (χ3n) is 5.24. The van der Waals surface area contributed by atoms with Crippen LogP contribution in [-0.4, -0.2) is 42.3 Å². The second-order valence-electron chi connectivity index (χ2n) is 7.02. The normalized spacial score (nSPS) is 24.4. The van der Waals surface area contributed by atoms with Gasteiger partial charge in [-0.05, 0) is 75.2 Å². The summed E-state index contributed by atoms with van der Waals surface area (Å²) in [6.45, 7) is 4.93. The predicted octanol–water partition coefficient (Wildman–Crippen LogP) is 3.93. The summed E-state index contributed by atoms with van der Waals surface area (Å²) in [6, 6.07) is 11.9. The molecule has 1 aromatic heterocycles. The number of Topliss-reactive ketones (excluding diaryl/α,β-unsaturated/α-hetero) is 1. The first-order chi connectivity index (χ1) is 12.6. The fourth-order valence-electron chi connectivity index (χ4n) is 3.74. The van der Waals surface area contributed by atoms with Crippen molar-refractivity contribution in [2.24, 2.45) is 5.92 Å². The van der Waals surface area contributed by atoms with Crippen LogP contribution < -0.4 is 5.32 Å². The smallest absolute Gasteiger partial charge is 0.251 e. The molecule has 3 fully saturated rings. The second kappa shape index (κ2) is 7.55. The molecule has 1 atom stereocenters. The maximum absolute atomic E-state index is 12.6. The fraction of sp³-hybridized carbons (Fsp3) is 0.400. The highest BCUT2D eigenvalue weighted by Crippen LogP contribution is 2.34. The molecular weight excluding hydrogens is 364 g/mol. The number of benzene rings is 1. The van der Waals surface area contributed by atoms with Crippen LogP contribution in [0.5, 0.6) is 0 Å². The molecule has 0 aliphatic carbocycles. The standard InChI is InChI=1S/C20H22N2O2S2/c1-13(23)18-6-7-19(26-18)25-16-4-2-15(3-5-16)20(24)21-17-12-22-10-8-14(17)9-11-22/h2-7,14,17H,8-12H2,1H3,(H,21,24)/t17-/m0/s1. The Hall–Kier alpha value is -1.63. The van der Waals surface area contributed by atoms with Crippen molar-refractivity contribution in [3.63, 3.8) is 0 Å². The Morgan fingerprint density at radius 3 is 2.42 bits per heavy atom. The van der Waals surface area contributed by atoms with E-state index in [0.29, 0.717) is 11.5 Å². The molecule has 136 valence electrons. The number of amides is 1. The Morgan fingerprint density at radius 1 is 1.12 bits per heavy atom. The van der Waals surface area contributed by atoms with Gasteiger partial charge in [0.25, 0.3) is 5.91 Å². The van der Waals surface area contributed by atoms with Gasteiger partial charge in [0, 0.05) is 23.0 Å². The van der Waals surface area contributed by atoms with Crippen LogP contribution in [0.15, 0.2) is 45.5 Å². The minimum absolute atomic E-state index is 0.0234. The summed E-state index contributed by atoms with van der Waals surface area (Å²) in [5, 5.41) is 3.23. The third kappa shape index (κ3) is 3.87. The van der Waals surface area contributed by atoms with Crippen molar-refractivity contribution in [1.82, 2.24) is 10.2 Å². The first kappa shape index (κ1) is 17.8. The van der Waals surface area contributed by atoms with Crippen LogP contribution in [0, 0.1) is 5.92 Å². The molecule has 4 nitrogen and oxygen atoms in total. The average molecular weight is 387 g/mol.